The first-order valence-corrected chi connectivity index (χ1v) is 7.55. The zero-order valence-electron chi connectivity index (χ0n) is 10.6. The summed E-state index contributed by atoms with van der Waals surface area (Å²) in [6.45, 7) is 0. The number of halogens is 1. The third-order valence-electron chi connectivity index (χ3n) is 3.01. The Hall–Kier alpha value is -1.71. The summed E-state index contributed by atoms with van der Waals surface area (Å²) in [5, 5.41) is 13.3. The van der Waals surface area contributed by atoms with E-state index in [1.807, 2.05) is 48.5 Å². The van der Waals surface area contributed by atoms with Crippen LogP contribution in [-0.4, -0.2) is 10.1 Å². The lowest BCUT2D eigenvalue weighted by molar-refractivity contribution is 0.450. The number of hydrogen-bond donors (Lipinski definition) is 1. The maximum Gasteiger partial charge on any atom is 0.212 e. The smallest absolute Gasteiger partial charge is 0.212 e. The number of fused-ring (bicyclic) bond motifs is 1. The highest BCUT2D eigenvalue weighted by atomic mass is 35.5. The van der Waals surface area contributed by atoms with E-state index >= 15 is 0 Å². The molecule has 1 N–H and O–H groups in total. The summed E-state index contributed by atoms with van der Waals surface area (Å²) in [5.74, 6) is 0.769. The summed E-state index contributed by atoms with van der Waals surface area (Å²) in [6, 6.07) is 17.3. The normalized spacial score (nSPS) is 10.8. The standard InChI is InChI=1S/C16H12ClNOS/c17-14-8-4-2-6-12(14)10-20-16-13-7-3-1-5-11(13)9-15(19)18-16/h1-9H,10H2,(H,18,19). The number of nitrogens with zero attached hydrogens (tertiary/aromatic N) is 1. The Morgan fingerprint density at radius 2 is 1.80 bits per heavy atom. The molecule has 0 aliphatic carbocycles. The Morgan fingerprint density at radius 3 is 2.65 bits per heavy atom. The van der Waals surface area contributed by atoms with Gasteiger partial charge in [0.15, 0.2) is 0 Å². The second-order valence-corrected chi connectivity index (χ2v) is 5.76. The first-order valence-electron chi connectivity index (χ1n) is 6.19. The molecule has 0 atom stereocenters. The van der Waals surface area contributed by atoms with Crippen molar-refractivity contribution in [2.75, 3.05) is 0 Å². The van der Waals surface area contributed by atoms with Crippen LogP contribution in [0.1, 0.15) is 5.56 Å². The van der Waals surface area contributed by atoms with Crippen molar-refractivity contribution in [3.8, 4) is 5.88 Å². The fourth-order valence-corrected chi connectivity index (χ4v) is 3.35. The van der Waals surface area contributed by atoms with Crippen LogP contribution in [0.4, 0.5) is 0 Å². The monoisotopic (exact) mass is 301 g/mol. The van der Waals surface area contributed by atoms with Crippen molar-refractivity contribution in [3.63, 3.8) is 0 Å². The van der Waals surface area contributed by atoms with Gasteiger partial charge in [-0.25, -0.2) is 4.98 Å². The summed E-state index contributed by atoms with van der Waals surface area (Å²) in [5.41, 5.74) is 1.06. The predicted octanol–water partition coefficient (Wildman–Crippen LogP) is 4.89. The molecule has 1 heterocycles. The van der Waals surface area contributed by atoms with Gasteiger partial charge in [-0.2, -0.15) is 0 Å². The first kappa shape index (κ1) is 13.3. The van der Waals surface area contributed by atoms with Crippen molar-refractivity contribution >= 4 is 34.1 Å². The van der Waals surface area contributed by atoms with Gasteiger partial charge in [-0.05, 0) is 17.0 Å². The largest absolute Gasteiger partial charge is 0.493 e. The lowest BCUT2D eigenvalue weighted by Gasteiger charge is -2.07. The van der Waals surface area contributed by atoms with E-state index in [1.165, 1.54) is 0 Å². The van der Waals surface area contributed by atoms with Crippen LogP contribution in [0.25, 0.3) is 10.8 Å². The van der Waals surface area contributed by atoms with E-state index in [0.717, 1.165) is 32.1 Å². The summed E-state index contributed by atoms with van der Waals surface area (Å²) in [4.78, 5) is 4.22. The van der Waals surface area contributed by atoms with Crippen LogP contribution in [0.5, 0.6) is 5.88 Å². The molecule has 2 nitrogen and oxygen atoms in total. The molecule has 1 aromatic heterocycles. The predicted molar refractivity (Wildman–Crippen MR) is 84.4 cm³/mol. The van der Waals surface area contributed by atoms with E-state index in [-0.39, 0.29) is 5.88 Å². The van der Waals surface area contributed by atoms with Crippen LogP contribution in [0, 0.1) is 0 Å². The molecule has 0 fully saturated rings. The topological polar surface area (TPSA) is 33.1 Å². The molecule has 0 spiro atoms. The van der Waals surface area contributed by atoms with E-state index in [0.29, 0.717) is 0 Å². The Labute approximate surface area is 126 Å². The maximum atomic E-state index is 9.71. The molecule has 0 aliphatic heterocycles. The average molecular weight is 302 g/mol. The van der Waals surface area contributed by atoms with Gasteiger partial charge in [0.25, 0.3) is 0 Å². The zero-order chi connectivity index (χ0) is 13.9. The molecule has 0 bridgehead atoms. The molecule has 0 unspecified atom stereocenters. The highest BCUT2D eigenvalue weighted by Gasteiger charge is 2.07. The maximum absolute atomic E-state index is 9.71. The SMILES string of the molecule is Oc1cc2ccccc2c(SCc2ccccc2Cl)n1. The van der Waals surface area contributed by atoms with Crippen LogP contribution >= 0.6 is 23.4 Å². The molecule has 3 aromatic rings. The number of benzene rings is 2. The Balaban J connectivity index is 1.93. The fourth-order valence-electron chi connectivity index (χ4n) is 2.02. The second kappa shape index (κ2) is 5.73. The van der Waals surface area contributed by atoms with Gasteiger partial charge in [0.2, 0.25) is 5.88 Å². The van der Waals surface area contributed by atoms with Gasteiger partial charge in [0.05, 0.1) is 0 Å². The van der Waals surface area contributed by atoms with E-state index in [2.05, 4.69) is 4.98 Å². The minimum atomic E-state index is 0.0466. The van der Waals surface area contributed by atoms with Crippen LogP contribution in [-0.2, 0) is 5.75 Å². The fraction of sp³-hybridized carbons (Fsp3) is 0.0625. The van der Waals surface area contributed by atoms with E-state index in [9.17, 15) is 5.11 Å². The number of pyridine rings is 1. The Kier molecular flexibility index (Phi) is 3.81. The average Bonchev–Trinajstić information content (AvgIpc) is 2.46. The third-order valence-corrected chi connectivity index (χ3v) is 4.42. The van der Waals surface area contributed by atoms with Crippen molar-refractivity contribution in [1.29, 1.82) is 0 Å². The first-order chi connectivity index (χ1) is 9.74. The lowest BCUT2D eigenvalue weighted by Crippen LogP contribution is -1.87. The number of hydrogen-bond acceptors (Lipinski definition) is 3. The molecule has 3 rings (SSSR count). The number of rotatable bonds is 3. The molecule has 100 valence electrons. The van der Waals surface area contributed by atoms with Crippen LogP contribution in [0.15, 0.2) is 59.6 Å². The Bertz CT molecular complexity index is 760. The summed E-state index contributed by atoms with van der Waals surface area (Å²) < 4.78 is 0. The van der Waals surface area contributed by atoms with Crippen molar-refractivity contribution in [2.45, 2.75) is 10.8 Å². The highest BCUT2D eigenvalue weighted by molar-refractivity contribution is 7.98. The number of aromatic hydroxyl groups is 1. The van der Waals surface area contributed by atoms with Crippen molar-refractivity contribution in [1.82, 2.24) is 4.98 Å². The third kappa shape index (κ3) is 2.74. The molecule has 0 saturated heterocycles. The molecule has 0 amide bonds. The van der Waals surface area contributed by atoms with Crippen molar-refractivity contribution in [3.05, 3.63) is 65.2 Å². The minimum Gasteiger partial charge on any atom is -0.493 e. The van der Waals surface area contributed by atoms with E-state index in [1.54, 1.807) is 17.8 Å². The Morgan fingerprint density at radius 1 is 1.05 bits per heavy atom. The summed E-state index contributed by atoms with van der Waals surface area (Å²) in [6.07, 6.45) is 0. The van der Waals surface area contributed by atoms with Gasteiger partial charge in [-0.3, -0.25) is 0 Å². The van der Waals surface area contributed by atoms with Crippen LogP contribution in [0.3, 0.4) is 0 Å². The molecule has 2 aromatic carbocycles. The summed E-state index contributed by atoms with van der Waals surface area (Å²) >= 11 is 7.73. The number of aromatic nitrogens is 1. The highest BCUT2D eigenvalue weighted by Crippen LogP contribution is 2.32. The van der Waals surface area contributed by atoms with Gasteiger partial charge in [0.1, 0.15) is 5.03 Å². The molecule has 0 radical (unpaired) electrons. The zero-order valence-corrected chi connectivity index (χ0v) is 12.2. The summed E-state index contributed by atoms with van der Waals surface area (Å²) in [7, 11) is 0. The lowest BCUT2D eigenvalue weighted by atomic mass is 10.2. The van der Waals surface area contributed by atoms with E-state index < -0.39 is 0 Å². The van der Waals surface area contributed by atoms with Crippen molar-refractivity contribution in [2.24, 2.45) is 0 Å². The van der Waals surface area contributed by atoms with Crippen LogP contribution < -0.4 is 0 Å². The minimum absolute atomic E-state index is 0.0466. The quantitative estimate of drug-likeness (QED) is 0.699. The van der Waals surface area contributed by atoms with Gasteiger partial charge >= 0.3 is 0 Å². The molecule has 0 saturated carbocycles. The van der Waals surface area contributed by atoms with E-state index in [4.69, 9.17) is 11.6 Å². The van der Waals surface area contributed by atoms with Gasteiger partial charge < -0.3 is 5.11 Å². The molecule has 4 heteroatoms. The molecule has 20 heavy (non-hydrogen) atoms. The van der Waals surface area contributed by atoms with Crippen LogP contribution in [0.2, 0.25) is 5.02 Å². The molecule has 0 aliphatic rings. The van der Waals surface area contributed by atoms with Gasteiger partial charge in [0, 0.05) is 22.2 Å². The van der Waals surface area contributed by atoms with Gasteiger partial charge in [-0.15, -0.1) is 11.8 Å². The molecular formula is C16H12ClNOS. The molecular weight excluding hydrogens is 290 g/mol. The van der Waals surface area contributed by atoms with Gasteiger partial charge in [-0.1, -0.05) is 54.1 Å². The second-order valence-electron chi connectivity index (χ2n) is 4.39. The number of thioether (sulfide) groups is 1. The van der Waals surface area contributed by atoms with Crippen molar-refractivity contribution < 1.29 is 5.11 Å².